The molecule has 0 radical (unpaired) electrons. The zero-order chi connectivity index (χ0) is 14.1. The maximum absolute atomic E-state index is 11.8. The Morgan fingerprint density at radius 2 is 1.67 bits per heavy atom. The van der Waals surface area contributed by atoms with Crippen LogP contribution >= 0.6 is 0 Å². The van der Waals surface area contributed by atoms with Crippen LogP contribution in [-0.2, 0) is 9.53 Å². The lowest BCUT2D eigenvalue weighted by molar-refractivity contribution is -0.159. The van der Waals surface area contributed by atoms with Gasteiger partial charge in [0.15, 0.2) is 0 Å². The van der Waals surface area contributed by atoms with Crippen LogP contribution in [0, 0.1) is 5.92 Å². The van der Waals surface area contributed by atoms with Crippen LogP contribution in [0.2, 0.25) is 0 Å². The number of hydrogen-bond donors (Lipinski definition) is 0. The van der Waals surface area contributed by atoms with Gasteiger partial charge in [0.2, 0.25) is 0 Å². The summed E-state index contributed by atoms with van der Waals surface area (Å²) in [6.45, 7) is 13.0. The second-order valence-corrected chi connectivity index (χ2v) is 7.30. The molecular weight excluding hydrogens is 226 g/mol. The summed E-state index contributed by atoms with van der Waals surface area (Å²) in [4.78, 5) is 14.2. The van der Waals surface area contributed by atoms with Gasteiger partial charge in [-0.05, 0) is 40.7 Å². The maximum Gasteiger partial charge on any atom is 0.306 e. The molecule has 1 aliphatic rings. The number of esters is 1. The fourth-order valence-electron chi connectivity index (χ4n) is 2.93. The third-order valence-corrected chi connectivity index (χ3v) is 4.14. The van der Waals surface area contributed by atoms with Crippen LogP contribution in [0.4, 0.5) is 0 Å². The Kier molecular flexibility index (Phi) is 4.47. The predicted octanol–water partition coefficient (Wildman–Crippen LogP) is 3.23. The Labute approximate surface area is 112 Å². The first-order valence-electron chi connectivity index (χ1n) is 6.98. The van der Waals surface area contributed by atoms with Crippen molar-refractivity contribution < 1.29 is 9.53 Å². The highest BCUT2D eigenvalue weighted by atomic mass is 16.5. The van der Waals surface area contributed by atoms with Crippen molar-refractivity contribution in [1.29, 1.82) is 0 Å². The van der Waals surface area contributed by atoms with Crippen LogP contribution in [0.25, 0.3) is 0 Å². The number of nitrogens with zero attached hydrogens (tertiary/aromatic N) is 1. The normalized spacial score (nSPS) is 24.2. The minimum atomic E-state index is -0.0499. The van der Waals surface area contributed by atoms with Gasteiger partial charge in [0.05, 0.1) is 0 Å². The maximum atomic E-state index is 11.8. The van der Waals surface area contributed by atoms with E-state index >= 15 is 0 Å². The van der Waals surface area contributed by atoms with Crippen molar-refractivity contribution >= 4 is 5.97 Å². The van der Waals surface area contributed by atoms with E-state index in [0.29, 0.717) is 12.3 Å². The fourth-order valence-corrected chi connectivity index (χ4v) is 2.93. The summed E-state index contributed by atoms with van der Waals surface area (Å²) >= 11 is 0. The third-order valence-electron chi connectivity index (χ3n) is 4.14. The number of carbonyl (C=O) groups excluding carboxylic acids is 1. The molecule has 0 aliphatic carbocycles. The van der Waals surface area contributed by atoms with Gasteiger partial charge in [-0.2, -0.15) is 0 Å². The van der Waals surface area contributed by atoms with Crippen molar-refractivity contribution in [3.63, 3.8) is 0 Å². The van der Waals surface area contributed by atoms with Gasteiger partial charge in [-0.15, -0.1) is 0 Å². The first kappa shape index (κ1) is 15.5. The van der Waals surface area contributed by atoms with Crippen LogP contribution in [0.1, 0.15) is 60.8 Å². The topological polar surface area (TPSA) is 29.5 Å². The zero-order valence-electron chi connectivity index (χ0n) is 13.0. The van der Waals surface area contributed by atoms with E-state index in [2.05, 4.69) is 39.6 Å². The predicted molar refractivity (Wildman–Crippen MR) is 74.5 cm³/mol. The highest BCUT2D eigenvalue weighted by Crippen LogP contribution is 2.38. The van der Waals surface area contributed by atoms with Gasteiger partial charge in [0.1, 0.15) is 6.10 Å². The molecule has 0 N–H and O–H groups in total. The molecule has 1 aliphatic heterocycles. The van der Waals surface area contributed by atoms with E-state index in [0.717, 1.165) is 12.8 Å². The molecule has 0 unspecified atom stereocenters. The molecule has 3 nitrogen and oxygen atoms in total. The molecule has 0 bridgehead atoms. The van der Waals surface area contributed by atoms with Gasteiger partial charge < -0.3 is 4.74 Å². The lowest BCUT2D eigenvalue weighted by Crippen LogP contribution is -2.60. The molecule has 1 fully saturated rings. The smallest absolute Gasteiger partial charge is 0.306 e. The van der Waals surface area contributed by atoms with Crippen LogP contribution in [-0.4, -0.2) is 35.1 Å². The zero-order valence-corrected chi connectivity index (χ0v) is 13.0. The lowest BCUT2D eigenvalue weighted by Gasteiger charge is -2.53. The Hall–Kier alpha value is -0.570. The summed E-state index contributed by atoms with van der Waals surface area (Å²) in [5, 5.41) is 0. The van der Waals surface area contributed by atoms with Gasteiger partial charge in [0, 0.05) is 30.3 Å². The molecule has 3 heteroatoms. The second-order valence-electron chi connectivity index (χ2n) is 7.30. The van der Waals surface area contributed by atoms with Gasteiger partial charge in [-0.1, -0.05) is 13.8 Å². The molecule has 0 spiro atoms. The molecule has 0 amide bonds. The van der Waals surface area contributed by atoms with E-state index in [1.807, 2.05) is 13.8 Å². The summed E-state index contributed by atoms with van der Waals surface area (Å²) in [6, 6.07) is 0. The molecule has 18 heavy (non-hydrogen) atoms. The SMILES string of the molecule is CC(C)CC(=O)OC1CC(C)(C)N(C)C(C)(C)C1. The Morgan fingerprint density at radius 1 is 1.22 bits per heavy atom. The number of hydrogen-bond acceptors (Lipinski definition) is 3. The molecule has 1 saturated heterocycles. The first-order valence-corrected chi connectivity index (χ1v) is 6.98. The largest absolute Gasteiger partial charge is 0.462 e. The number of rotatable bonds is 3. The van der Waals surface area contributed by atoms with E-state index in [1.54, 1.807) is 0 Å². The molecule has 0 aromatic rings. The van der Waals surface area contributed by atoms with E-state index in [4.69, 9.17) is 4.74 Å². The Balaban J connectivity index is 2.67. The van der Waals surface area contributed by atoms with Crippen LogP contribution in [0.15, 0.2) is 0 Å². The van der Waals surface area contributed by atoms with E-state index < -0.39 is 0 Å². The summed E-state index contributed by atoms with van der Waals surface area (Å²) in [6.07, 6.45) is 2.40. The van der Waals surface area contributed by atoms with Gasteiger partial charge >= 0.3 is 5.97 Å². The quantitative estimate of drug-likeness (QED) is 0.725. The van der Waals surface area contributed by atoms with Crippen LogP contribution < -0.4 is 0 Å². The molecule has 106 valence electrons. The van der Waals surface area contributed by atoms with E-state index in [-0.39, 0.29) is 23.2 Å². The molecule has 0 saturated carbocycles. The highest BCUT2D eigenvalue weighted by molar-refractivity contribution is 5.69. The minimum Gasteiger partial charge on any atom is -0.462 e. The average molecular weight is 255 g/mol. The molecule has 1 heterocycles. The second kappa shape index (κ2) is 5.20. The number of ether oxygens (including phenoxy) is 1. The number of likely N-dealkylation sites (tertiary alicyclic amines) is 1. The summed E-state index contributed by atoms with van der Waals surface area (Å²) in [5.74, 6) is 0.316. The fraction of sp³-hybridized carbons (Fsp3) is 0.933. The molecule has 0 atom stereocenters. The van der Waals surface area contributed by atoms with Crippen molar-refractivity contribution in [2.24, 2.45) is 5.92 Å². The van der Waals surface area contributed by atoms with E-state index in [9.17, 15) is 4.79 Å². The van der Waals surface area contributed by atoms with Crippen LogP contribution in [0.3, 0.4) is 0 Å². The van der Waals surface area contributed by atoms with Gasteiger partial charge in [-0.25, -0.2) is 0 Å². The number of carbonyl (C=O) groups is 1. The standard InChI is InChI=1S/C15H29NO2/c1-11(2)8-13(17)18-12-9-14(3,4)16(7)15(5,6)10-12/h11-12H,8-10H2,1-7H3. The first-order chi connectivity index (χ1) is 8.04. The lowest BCUT2D eigenvalue weighted by atomic mass is 9.79. The Bertz CT molecular complexity index is 290. The minimum absolute atomic E-state index is 0.0499. The van der Waals surface area contributed by atoms with E-state index in [1.165, 1.54) is 0 Å². The van der Waals surface area contributed by atoms with Crippen molar-refractivity contribution in [3.05, 3.63) is 0 Å². The van der Waals surface area contributed by atoms with Gasteiger partial charge in [-0.3, -0.25) is 9.69 Å². The van der Waals surface area contributed by atoms with Crippen LogP contribution in [0.5, 0.6) is 0 Å². The monoisotopic (exact) mass is 255 g/mol. The molecule has 0 aromatic heterocycles. The third kappa shape index (κ3) is 3.71. The van der Waals surface area contributed by atoms with Crippen molar-refractivity contribution in [2.75, 3.05) is 7.05 Å². The van der Waals surface area contributed by atoms with Gasteiger partial charge in [0.25, 0.3) is 0 Å². The summed E-state index contributed by atoms with van der Waals surface area (Å²) in [7, 11) is 2.16. The van der Waals surface area contributed by atoms with Crippen molar-refractivity contribution in [3.8, 4) is 0 Å². The highest BCUT2D eigenvalue weighted by Gasteiger charge is 2.44. The average Bonchev–Trinajstić information content (AvgIpc) is 2.11. The molecular formula is C15H29NO2. The van der Waals surface area contributed by atoms with Crippen molar-refractivity contribution in [1.82, 2.24) is 4.90 Å². The summed E-state index contributed by atoms with van der Waals surface area (Å²) in [5.41, 5.74) is 0.148. The summed E-state index contributed by atoms with van der Waals surface area (Å²) < 4.78 is 5.66. The Morgan fingerprint density at radius 3 is 2.06 bits per heavy atom. The molecule has 0 aromatic carbocycles. The van der Waals surface area contributed by atoms with Crippen molar-refractivity contribution in [2.45, 2.75) is 78.0 Å². The number of piperidine rings is 1. The molecule has 1 rings (SSSR count).